The second-order valence-electron chi connectivity index (χ2n) is 5.74. The van der Waals surface area contributed by atoms with E-state index in [9.17, 15) is 9.59 Å². The summed E-state index contributed by atoms with van der Waals surface area (Å²) >= 11 is 0. The van der Waals surface area contributed by atoms with E-state index in [2.05, 4.69) is 15.5 Å². The lowest BCUT2D eigenvalue weighted by atomic mass is 9.81. The number of aromatic nitrogens is 2. The van der Waals surface area contributed by atoms with Gasteiger partial charge in [-0.1, -0.05) is 24.4 Å². The van der Waals surface area contributed by atoms with Gasteiger partial charge in [-0.15, -0.1) is 0 Å². The predicted octanol–water partition coefficient (Wildman–Crippen LogP) is 2.26. The highest BCUT2D eigenvalue weighted by molar-refractivity contribution is 5.95. The van der Waals surface area contributed by atoms with Crippen LogP contribution in [0.25, 0.3) is 0 Å². The van der Waals surface area contributed by atoms with Gasteiger partial charge in [0.1, 0.15) is 11.8 Å². The summed E-state index contributed by atoms with van der Waals surface area (Å²) in [4.78, 5) is 27.6. The van der Waals surface area contributed by atoms with Crippen molar-refractivity contribution in [2.24, 2.45) is 0 Å². The molecule has 0 saturated heterocycles. The molecule has 0 aliphatic heterocycles. The molecule has 0 bridgehead atoms. The third-order valence-electron chi connectivity index (χ3n) is 4.09. The Labute approximate surface area is 131 Å². The first-order valence-electron chi connectivity index (χ1n) is 7.45. The molecule has 8 heteroatoms. The average Bonchev–Trinajstić information content (AvgIpc) is 3.17. The van der Waals surface area contributed by atoms with Crippen LogP contribution in [0.3, 0.4) is 0 Å². The maximum atomic E-state index is 12.5. The molecule has 1 aliphatic carbocycles. The first kappa shape index (κ1) is 15.3. The molecule has 0 aromatic carbocycles. The van der Waals surface area contributed by atoms with Gasteiger partial charge in [0, 0.05) is 13.0 Å². The minimum atomic E-state index is -1.14. The van der Waals surface area contributed by atoms with Crippen molar-refractivity contribution in [3.8, 4) is 0 Å². The number of hydrogen-bond donors (Lipinski definition) is 2. The average molecular weight is 319 g/mol. The Kier molecular flexibility index (Phi) is 3.89. The minimum Gasteiger partial charge on any atom is -0.478 e. The molecule has 0 spiro atoms. The van der Waals surface area contributed by atoms with E-state index in [1.807, 2.05) is 0 Å². The molecule has 1 aliphatic rings. The second-order valence-corrected chi connectivity index (χ2v) is 5.74. The topological polar surface area (TPSA) is 118 Å². The molecule has 2 aromatic rings. The molecule has 2 heterocycles. The summed E-state index contributed by atoms with van der Waals surface area (Å²) in [6, 6.07) is 1.20. The fourth-order valence-electron chi connectivity index (χ4n) is 2.90. The number of rotatable bonds is 4. The van der Waals surface area contributed by atoms with Crippen LogP contribution in [0.4, 0.5) is 0 Å². The van der Waals surface area contributed by atoms with Gasteiger partial charge in [0.05, 0.1) is 5.56 Å². The second kappa shape index (κ2) is 5.86. The molecule has 0 atom stereocenters. The van der Waals surface area contributed by atoms with Crippen LogP contribution in [0.2, 0.25) is 0 Å². The fourth-order valence-corrected chi connectivity index (χ4v) is 2.90. The quantitative estimate of drug-likeness (QED) is 0.887. The standard InChI is InChI=1S/C15H17N3O5/c1-9-16-14(18-23-9)15(5-3-2-4-6-15)17-12(19)11-7-10(8-22-11)13(20)21/h7-8H,2-6H2,1H3,(H,17,19)(H,20,21). The smallest absolute Gasteiger partial charge is 0.338 e. The number of carboxylic acids is 1. The van der Waals surface area contributed by atoms with Crippen LogP contribution in [0, 0.1) is 6.92 Å². The SMILES string of the molecule is Cc1nc(C2(NC(=O)c3cc(C(=O)O)co3)CCCCC2)no1. The molecule has 0 radical (unpaired) electrons. The number of carbonyl (C=O) groups excluding carboxylic acids is 1. The molecule has 2 N–H and O–H groups in total. The van der Waals surface area contributed by atoms with Crippen LogP contribution in [0.5, 0.6) is 0 Å². The number of nitrogens with one attached hydrogen (secondary N) is 1. The Bertz CT molecular complexity index is 727. The number of aromatic carboxylic acids is 1. The van der Waals surface area contributed by atoms with Crippen molar-refractivity contribution in [1.82, 2.24) is 15.5 Å². The lowest BCUT2D eigenvalue weighted by Crippen LogP contribution is -2.48. The van der Waals surface area contributed by atoms with Crippen LogP contribution in [-0.4, -0.2) is 27.1 Å². The van der Waals surface area contributed by atoms with Gasteiger partial charge in [0.15, 0.2) is 11.6 Å². The van der Waals surface area contributed by atoms with Crippen LogP contribution in [-0.2, 0) is 5.54 Å². The predicted molar refractivity (Wildman–Crippen MR) is 76.9 cm³/mol. The monoisotopic (exact) mass is 319 g/mol. The molecule has 2 aromatic heterocycles. The van der Waals surface area contributed by atoms with E-state index >= 15 is 0 Å². The van der Waals surface area contributed by atoms with Crippen molar-refractivity contribution >= 4 is 11.9 Å². The highest BCUT2D eigenvalue weighted by Gasteiger charge is 2.40. The molecule has 0 unspecified atom stereocenters. The van der Waals surface area contributed by atoms with Gasteiger partial charge in [0.2, 0.25) is 5.89 Å². The van der Waals surface area contributed by atoms with Crippen molar-refractivity contribution in [3.05, 3.63) is 35.4 Å². The summed E-state index contributed by atoms with van der Waals surface area (Å²) in [7, 11) is 0. The normalized spacial score (nSPS) is 16.9. The summed E-state index contributed by atoms with van der Waals surface area (Å²) in [5.74, 6) is -0.790. The molecular formula is C15H17N3O5. The van der Waals surface area contributed by atoms with E-state index in [0.717, 1.165) is 25.5 Å². The molecule has 23 heavy (non-hydrogen) atoms. The molecule has 122 valence electrons. The number of carboxylic acid groups (broad SMARTS) is 1. The number of hydrogen-bond acceptors (Lipinski definition) is 6. The van der Waals surface area contributed by atoms with Crippen LogP contribution < -0.4 is 5.32 Å². The van der Waals surface area contributed by atoms with E-state index in [4.69, 9.17) is 14.0 Å². The number of amides is 1. The number of carbonyl (C=O) groups is 2. The van der Waals surface area contributed by atoms with Gasteiger partial charge >= 0.3 is 5.97 Å². The Hall–Kier alpha value is -2.64. The van der Waals surface area contributed by atoms with Crippen LogP contribution >= 0.6 is 0 Å². The molecule has 1 amide bonds. The summed E-state index contributed by atoms with van der Waals surface area (Å²) in [6.07, 6.45) is 5.40. The van der Waals surface area contributed by atoms with Gasteiger partial charge in [-0.3, -0.25) is 4.79 Å². The zero-order valence-electron chi connectivity index (χ0n) is 12.7. The summed E-state index contributed by atoms with van der Waals surface area (Å²) in [5.41, 5.74) is -0.772. The Morgan fingerprint density at radius 1 is 1.30 bits per heavy atom. The van der Waals surface area contributed by atoms with Crippen molar-refractivity contribution in [1.29, 1.82) is 0 Å². The molecule has 1 saturated carbocycles. The highest BCUT2D eigenvalue weighted by atomic mass is 16.5. The van der Waals surface area contributed by atoms with Gasteiger partial charge in [-0.25, -0.2) is 4.79 Å². The van der Waals surface area contributed by atoms with E-state index in [1.165, 1.54) is 6.07 Å². The van der Waals surface area contributed by atoms with E-state index in [-0.39, 0.29) is 11.3 Å². The maximum absolute atomic E-state index is 12.5. The largest absolute Gasteiger partial charge is 0.478 e. The van der Waals surface area contributed by atoms with E-state index in [1.54, 1.807) is 6.92 Å². The maximum Gasteiger partial charge on any atom is 0.338 e. The van der Waals surface area contributed by atoms with Crippen molar-refractivity contribution in [2.45, 2.75) is 44.6 Å². The van der Waals surface area contributed by atoms with Crippen molar-refractivity contribution in [2.75, 3.05) is 0 Å². The van der Waals surface area contributed by atoms with Crippen LogP contribution in [0.1, 0.15) is 64.7 Å². The molecule has 8 nitrogen and oxygen atoms in total. The third kappa shape index (κ3) is 2.96. The summed E-state index contributed by atoms with van der Waals surface area (Å²) < 4.78 is 10.1. The van der Waals surface area contributed by atoms with Gasteiger partial charge in [-0.05, 0) is 12.8 Å². The minimum absolute atomic E-state index is 0.0486. The Morgan fingerprint density at radius 3 is 2.61 bits per heavy atom. The summed E-state index contributed by atoms with van der Waals surface area (Å²) in [6.45, 7) is 1.69. The zero-order chi connectivity index (χ0) is 16.4. The zero-order valence-corrected chi connectivity index (χ0v) is 12.7. The molecule has 3 rings (SSSR count). The lowest BCUT2D eigenvalue weighted by Gasteiger charge is -2.34. The first-order chi connectivity index (χ1) is 11.0. The fraction of sp³-hybridized carbons (Fsp3) is 0.467. The molecular weight excluding hydrogens is 302 g/mol. The molecule has 1 fully saturated rings. The van der Waals surface area contributed by atoms with E-state index < -0.39 is 17.4 Å². The lowest BCUT2D eigenvalue weighted by molar-refractivity contribution is 0.0695. The summed E-state index contributed by atoms with van der Waals surface area (Å²) in [5, 5.41) is 15.8. The number of nitrogens with zero attached hydrogens (tertiary/aromatic N) is 2. The van der Waals surface area contributed by atoms with Crippen LogP contribution in [0.15, 0.2) is 21.3 Å². The Balaban J connectivity index is 1.86. The first-order valence-corrected chi connectivity index (χ1v) is 7.45. The number of furan rings is 1. The number of aryl methyl sites for hydroxylation is 1. The van der Waals surface area contributed by atoms with Crippen molar-refractivity contribution in [3.63, 3.8) is 0 Å². The Morgan fingerprint density at radius 2 is 2.04 bits per heavy atom. The third-order valence-corrected chi connectivity index (χ3v) is 4.09. The van der Waals surface area contributed by atoms with Gasteiger partial charge in [-0.2, -0.15) is 4.98 Å². The van der Waals surface area contributed by atoms with Crippen molar-refractivity contribution < 1.29 is 23.6 Å². The highest BCUT2D eigenvalue weighted by Crippen LogP contribution is 2.36. The van der Waals surface area contributed by atoms with Gasteiger partial charge in [0.25, 0.3) is 5.91 Å². The van der Waals surface area contributed by atoms with E-state index in [0.29, 0.717) is 24.6 Å². The van der Waals surface area contributed by atoms with Gasteiger partial charge < -0.3 is 19.4 Å².